The van der Waals surface area contributed by atoms with Gasteiger partial charge in [0.05, 0.1) is 5.69 Å². The van der Waals surface area contributed by atoms with Crippen molar-refractivity contribution in [1.29, 1.82) is 0 Å². The summed E-state index contributed by atoms with van der Waals surface area (Å²) in [4.78, 5) is 10.6. The minimum atomic E-state index is -0.0262. The number of aliphatic hydroxyl groups excluding tert-OH is 1. The SMILES string of the molecule is CC(=O)NCCNCc1cn(CCCO)nn1. The van der Waals surface area contributed by atoms with E-state index in [1.54, 1.807) is 4.68 Å². The van der Waals surface area contributed by atoms with E-state index >= 15 is 0 Å². The largest absolute Gasteiger partial charge is 0.396 e. The fraction of sp³-hybridized carbons (Fsp3) is 0.700. The Labute approximate surface area is 100 Å². The maximum atomic E-state index is 10.6. The minimum Gasteiger partial charge on any atom is -0.396 e. The van der Waals surface area contributed by atoms with Crippen molar-refractivity contribution in [3.63, 3.8) is 0 Å². The quantitative estimate of drug-likeness (QED) is 0.502. The topological polar surface area (TPSA) is 92.1 Å². The first kappa shape index (κ1) is 13.6. The van der Waals surface area contributed by atoms with Gasteiger partial charge in [-0.05, 0) is 6.42 Å². The van der Waals surface area contributed by atoms with E-state index in [1.165, 1.54) is 6.92 Å². The zero-order valence-electron chi connectivity index (χ0n) is 10.0. The van der Waals surface area contributed by atoms with E-state index in [4.69, 9.17) is 5.11 Å². The van der Waals surface area contributed by atoms with Crippen LogP contribution in [0.5, 0.6) is 0 Å². The fourth-order valence-electron chi connectivity index (χ4n) is 1.30. The third-order valence-corrected chi connectivity index (χ3v) is 2.11. The molecule has 1 rings (SSSR count). The molecule has 0 saturated carbocycles. The number of aliphatic hydroxyl groups is 1. The van der Waals surface area contributed by atoms with Gasteiger partial charge < -0.3 is 15.7 Å². The molecular formula is C10H19N5O2. The highest BCUT2D eigenvalue weighted by atomic mass is 16.3. The lowest BCUT2D eigenvalue weighted by Gasteiger charge is -2.02. The van der Waals surface area contributed by atoms with E-state index in [0.717, 1.165) is 5.69 Å². The summed E-state index contributed by atoms with van der Waals surface area (Å²) in [6, 6.07) is 0. The first-order valence-electron chi connectivity index (χ1n) is 5.67. The van der Waals surface area contributed by atoms with Crippen LogP contribution in [0.2, 0.25) is 0 Å². The molecule has 1 amide bonds. The zero-order chi connectivity index (χ0) is 12.5. The fourth-order valence-corrected chi connectivity index (χ4v) is 1.30. The number of hydrogen-bond donors (Lipinski definition) is 3. The summed E-state index contributed by atoms with van der Waals surface area (Å²) in [6.45, 7) is 4.25. The highest BCUT2D eigenvalue weighted by Gasteiger charge is 1.99. The molecule has 3 N–H and O–H groups in total. The molecule has 0 aromatic carbocycles. The van der Waals surface area contributed by atoms with Crippen LogP contribution in [0, 0.1) is 0 Å². The number of aryl methyl sites for hydroxylation is 1. The molecule has 0 aliphatic rings. The minimum absolute atomic E-state index is 0.0262. The van der Waals surface area contributed by atoms with Crippen LogP contribution in [0.15, 0.2) is 6.20 Å². The second kappa shape index (κ2) is 7.75. The molecule has 1 aromatic rings. The van der Waals surface area contributed by atoms with E-state index in [9.17, 15) is 4.79 Å². The molecule has 0 aliphatic heterocycles. The number of aromatic nitrogens is 3. The number of carbonyl (C=O) groups excluding carboxylic acids is 1. The van der Waals surface area contributed by atoms with Crippen molar-refractivity contribution < 1.29 is 9.90 Å². The van der Waals surface area contributed by atoms with Crippen molar-refractivity contribution in [2.45, 2.75) is 26.4 Å². The average Bonchev–Trinajstić information content (AvgIpc) is 2.73. The Morgan fingerprint density at radius 1 is 1.53 bits per heavy atom. The van der Waals surface area contributed by atoms with Crippen molar-refractivity contribution in [3.05, 3.63) is 11.9 Å². The van der Waals surface area contributed by atoms with Gasteiger partial charge in [0.1, 0.15) is 0 Å². The Bertz CT molecular complexity index is 339. The molecular weight excluding hydrogens is 222 g/mol. The Hall–Kier alpha value is -1.47. The van der Waals surface area contributed by atoms with E-state index in [2.05, 4.69) is 20.9 Å². The lowest BCUT2D eigenvalue weighted by Crippen LogP contribution is -2.29. The standard InChI is InChI=1S/C10H19N5O2/c1-9(17)12-4-3-11-7-10-8-15(14-13-10)5-2-6-16/h8,11,16H,2-7H2,1H3,(H,12,17). The smallest absolute Gasteiger partial charge is 0.216 e. The number of rotatable bonds is 8. The molecule has 96 valence electrons. The number of carbonyl (C=O) groups is 1. The molecule has 7 heteroatoms. The second-order valence-electron chi connectivity index (χ2n) is 3.71. The molecule has 17 heavy (non-hydrogen) atoms. The van der Waals surface area contributed by atoms with Crippen molar-refractivity contribution in [1.82, 2.24) is 25.6 Å². The highest BCUT2D eigenvalue weighted by Crippen LogP contribution is 1.93. The first-order chi connectivity index (χ1) is 8.22. The lowest BCUT2D eigenvalue weighted by atomic mass is 10.4. The van der Waals surface area contributed by atoms with E-state index in [-0.39, 0.29) is 12.5 Å². The van der Waals surface area contributed by atoms with Crippen molar-refractivity contribution in [2.75, 3.05) is 19.7 Å². The van der Waals surface area contributed by atoms with Gasteiger partial charge in [-0.2, -0.15) is 0 Å². The van der Waals surface area contributed by atoms with Crippen molar-refractivity contribution in [2.24, 2.45) is 0 Å². The molecule has 0 spiro atoms. The summed E-state index contributed by atoms with van der Waals surface area (Å²) in [7, 11) is 0. The zero-order valence-corrected chi connectivity index (χ0v) is 10.0. The summed E-state index contributed by atoms with van der Waals surface area (Å²) < 4.78 is 1.71. The van der Waals surface area contributed by atoms with Gasteiger partial charge in [-0.15, -0.1) is 5.10 Å². The summed E-state index contributed by atoms with van der Waals surface area (Å²) in [5, 5.41) is 22.4. The predicted octanol–water partition coefficient (Wildman–Crippen LogP) is -1.11. The van der Waals surface area contributed by atoms with Crippen LogP contribution in [0.4, 0.5) is 0 Å². The van der Waals surface area contributed by atoms with Gasteiger partial charge in [0, 0.05) is 45.9 Å². The average molecular weight is 241 g/mol. The molecule has 0 fully saturated rings. The van der Waals surface area contributed by atoms with E-state index in [0.29, 0.717) is 32.6 Å². The normalized spacial score (nSPS) is 10.5. The van der Waals surface area contributed by atoms with Gasteiger partial charge in [0.2, 0.25) is 5.91 Å². The van der Waals surface area contributed by atoms with Crippen molar-refractivity contribution >= 4 is 5.91 Å². The van der Waals surface area contributed by atoms with Gasteiger partial charge >= 0.3 is 0 Å². The van der Waals surface area contributed by atoms with Crippen LogP contribution in [0.3, 0.4) is 0 Å². The van der Waals surface area contributed by atoms with Gasteiger partial charge in [0.25, 0.3) is 0 Å². The molecule has 0 radical (unpaired) electrons. The van der Waals surface area contributed by atoms with Crippen LogP contribution < -0.4 is 10.6 Å². The summed E-state index contributed by atoms with van der Waals surface area (Å²) >= 11 is 0. The Kier molecular flexibility index (Phi) is 6.19. The highest BCUT2D eigenvalue weighted by molar-refractivity contribution is 5.72. The lowest BCUT2D eigenvalue weighted by molar-refractivity contribution is -0.118. The van der Waals surface area contributed by atoms with Crippen LogP contribution in [0.1, 0.15) is 19.0 Å². The monoisotopic (exact) mass is 241 g/mol. The van der Waals surface area contributed by atoms with Gasteiger partial charge in [0.15, 0.2) is 0 Å². The number of nitrogens with zero attached hydrogens (tertiary/aromatic N) is 3. The molecule has 7 nitrogen and oxygen atoms in total. The van der Waals surface area contributed by atoms with Gasteiger partial charge in [-0.25, -0.2) is 0 Å². The molecule has 0 atom stereocenters. The van der Waals surface area contributed by atoms with Gasteiger partial charge in [-0.3, -0.25) is 9.48 Å². The molecule has 0 aliphatic carbocycles. The third-order valence-electron chi connectivity index (χ3n) is 2.11. The summed E-state index contributed by atoms with van der Waals surface area (Å²) in [5.41, 5.74) is 0.853. The molecule has 1 aromatic heterocycles. The predicted molar refractivity (Wildman–Crippen MR) is 62.1 cm³/mol. The van der Waals surface area contributed by atoms with Crippen LogP contribution >= 0.6 is 0 Å². The van der Waals surface area contributed by atoms with Crippen molar-refractivity contribution in [3.8, 4) is 0 Å². The molecule has 0 saturated heterocycles. The Balaban J connectivity index is 2.14. The molecule has 0 bridgehead atoms. The first-order valence-corrected chi connectivity index (χ1v) is 5.67. The van der Waals surface area contributed by atoms with Crippen LogP contribution in [-0.2, 0) is 17.9 Å². The summed E-state index contributed by atoms with van der Waals surface area (Å²) in [5.74, 6) is -0.0262. The Morgan fingerprint density at radius 2 is 2.35 bits per heavy atom. The summed E-state index contributed by atoms with van der Waals surface area (Å²) in [6.07, 6.45) is 2.53. The van der Waals surface area contributed by atoms with E-state index < -0.39 is 0 Å². The number of hydrogen-bond acceptors (Lipinski definition) is 5. The molecule has 1 heterocycles. The number of amides is 1. The van der Waals surface area contributed by atoms with E-state index in [1.807, 2.05) is 6.20 Å². The molecule has 0 unspecified atom stereocenters. The Morgan fingerprint density at radius 3 is 3.06 bits per heavy atom. The maximum Gasteiger partial charge on any atom is 0.216 e. The van der Waals surface area contributed by atoms with Crippen LogP contribution in [0.25, 0.3) is 0 Å². The third kappa shape index (κ3) is 5.98. The van der Waals surface area contributed by atoms with Gasteiger partial charge in [-0.1, -0.05) is 5.21 Å². The second-order valence-corrected chi connectivity index (χ2v) is 3.71. The maximum absolute atomic E-state index is 10.6. The van der Waals surface area contributed by atoms with Crippen LogP contribution in [-0.4, -0.2) is 45.7 Å². The number of nitrogens with one attached hydrogen (secondary N) is 2.